The Morgan fingerprint density at radius 2 is 2.15 bits per heavy atom. The van der Waals surface area contributed by atoms with Crippen LogP contribution in [-0.2, 0) is 0 Å². The van der Waals surface area contributed by atoms with Gasteiger partial charge in [0, 0.05) is 6.04 Å². The van der Waals surface area contributed by atoms with Crippen molar-refractivity contribution >= 4 is 11.5 Å². The Morgan fingerprint density at radius 3 is 2.75 bits per heavy atom. The van der Waals surface area contributed by atoms with Gasteiger partial charge < -0.3 is 11.1 Å². The fourth-order valence-electron chi connectivity index (χ4n) is 4.45. The van der Waals surface area contributed by atoms with Gasteiger partial charge in [-0.3, -0.25) is 0 Å². The van der Waals surface area contributed by atoms with Crippen molar-refractivity contribution in [3.8, 4) is 6.07 Å². The van der Waals surface area contributed by atoms with Crippen molar-refractivity contribution in [3.05, 3.63) is 17.8 Å². The van der Waals surface area contributed by atoms with Gasteiger partial charge in [-0.05, 0) is 48.1 Å². The molecule has 4 nitrogen and oxygen atoms in total. The van der Waals surface area contributed by atoms with Crippen LogP contribution in [0, 0.1) is 28.1 Å². The lowest BCUT2D eigenvalue weighted by Gasteiger charge is -2.43. The third-order valence-corrected chi connectivity index (χ3v) is 5.59. The number of nitrogens with one attached hydrogen (secondary N) is 1. The highest BCUT2D eigenvalue weighted by atomic mass is 15.1. The van der Waals surface area contributed by atoms with Crippen molar-refractivity contribution in [2.45, 2.75) is 46.1 Å². The first kappa shape index (κ1) is 13.2. The van der Waals surface area contributed by atoms with Crippen LogP contribution in [0.4, 0.5) is 11.5 Å². The molecule has 2 aliphatic carbocycles. The summed E-state index contributed by atoms with van der Waals surface area (Å²) in [4.78, 5) is 4.34. The van der Waals surface area contributed by atoms with Gasteiger partial charge in [0.15, 0.2) is 5.69 Å². The molecule has 20 heavy (non-hydrogen) atoms. The number of hydrogen-bond donors (Lipinski definition) is 2. The number of anilines is 2. The van der Waals surface area contributed by atoms with E-state index in [9.17, 15) is 0 Å². The second kappa shape index (κ2) is 4.12. The van der Waals surface area contributed by atoms with Crippen LogP contribution in [0.25, 0.3) is 0 Å². The molecule has 0 aromatic carbocycles. The van der Waals surface area contributed by atoms with Crippen molar-refractivity contribution in [3.63, 3.8) is 0 Å². The molecule has 0 spiro atoms. The van der Waals surface area contributed by atoms with E-state index in [-0.39, 0.29) is 5.41 Å². The monoisotopic (exact) mass is 270 g/mol. The first-order valence-electron chi connectivity index (χ1n) is 7.30. The molecule has 3 atom stereocenters. The lowest BCUT2D eigenvalue weighted by Crippen LogP contribution is -2.46. The first-order valence-corrected chi connectivity index (χ1v) is 7.30. The molecule has 3 N–H and O–H groups in total. The average molecular weight is 270 g/mol. The van der Waals surface area contributed by atoms with E-state index in [1.807, 2.05) is 12.1 Å². The molecule has 1 aromatic rings. The molecule has 0 aliphatic heterocycles. The molecule has 2 bridgehead atoms. The van der Waals surface area contributed by atoms with E-state index in [0.29, 0.717) is 22.8 Å². The van der Waals surface area contributed by atoms with Gasteiger partial charge >= 0.3 is 0 Å². The number of nitrogen functional groups attached to an aromatic ring is 1. The van der Waals surface area contributed by atoms with Crippen LogP contribution >= 0.6 is 0 Å². The quantitative estimate of drug-likeness (QED) is 0.865. The predicted molar refractivity (Wildman–Crippen MR) is 80.0 cm³/mol. The first-order chi connectivity index (χ1) is 9.37. The second-order valence-electron chi connectivity index (χ2n) is 7.24. The fourth-order valence-corrected chi connectivity index (χ4v) is 4.45. The van der Waals surface area contributed by atoms with Crippen LogP contribution < -0.4 is 11.1 Å². The minimum Gasteiger partial charge on any atom is -0.396 e. The molecule has 2 aliphatic rings. The smallest absolute Gasteiger partial charge is 0.165 e. The molecule has 3 unspecified atom stereocenters. The minimum atomic E-state index is 0.267. The SMILES string of the molecule is CC12CCC(C1)C(C)(C)C2Nc1ccc(N)c(C#N)n1. The molecular weight excluding hydrogens is 248 g/mol. The molecule has 3 rings (SSSR count). The van der Waals surface area contributed by atoms with Gasteiger partial charge in [0.25, 0.3) is 0 Å². The standard InChI is InChI=1S/C16H22N4/c1-15(2)10-6-7-16(3,8-10)14(15)20-13-5-4-11(18)12(9-17)19-13/h4-5,10,14H,6-8,18H2,1-3H3,(H,19,20). The van der Waals surface area contributed by atoms with E-state index in [1.165, 1.54) is 19.3 Å². The maximum absolute atomic E-state index is 9.04. The number of nitriles is 1. The van der Waals surface area contributed by atoms with E-state index >= 15 is 0 Å². The maximum Gasteiger partial charge on any atom is 0.165 e. The lowest BCUT2D eigenvalue weighted by atomic mass is 9.68. The molecule has 0 radical (unpaired) electrons. The molecule has 106 valence electrons. The number of pyridine rings is 1. The highest BCUT2D eigenvalue weighted by Gasteiger charge is 2.59. The van der Waals surface area contributed by atoms with Crippen molar-refractivity contribution in [1.82, 2.24) is 4.98 Å². The summed E-state index contributed by atoms with van der Waals surface area (Å²) in [7, 11) is 0. The maximum atomic E-state index is 9.04. The van der Waals surface area contributed by atoms with Gasteiger partial charge in [-0.1, -0.05) is 20.8 Å². The van der Waals surface area contributed by atoms with E-state index in [1.54, 1.807) is 6.07 Å². The van der Waals surface area contributed by atoms with Crippen LogP contribution in [0.2, 0.25) is 0 Å². The molecule has 2 fully saturated rings. The topological polar surface area (TPSA) is 74.7 Å². The van der Waals surface area contributed by atoms with E-state index < -0.39 is 0 Å². The Bertz CT molecular complexity index is 582. The van der Waals surface area contributed by atoms with Crippen molar-refractivity contribution in [2.75, 3.05) is 11.1 Å². The Kier molecular flexibility index (Phi) is 2.72. The number of rotatable bonds is 2. The largest absolute Gasteiger partial charge is 0.396 e. The lowest BCUT2D eigenvalue weighted by molar-refractivity contribution is 0.155. The molecular formula is C16H22N4. The number of nitrogens with zero attached hydrogens (tertiary/aromatic N) is 2. The number of fused-ring (bicyclic) bond motifs is 2. The predicted octanol–water partition coefficient (Wildman–Crippen LogP) is 3.16. The zero-order valence-corrected chi connectivity index (χ0v) is 12.4. The molecule has 1 aromatic heterocycles. The summed E-state index contributed by atoms with van der Waals surface area (Å²) in [5.74, 6) is 1.55. The van der Waals surface area contributed by atoms with Gasteiger partial charge in [0.1, 0.15) is 11.9 Å². The summed E-state index contributed by atoms with van der Waals surface area (Å²) in [6.45, 7) is 7.08. The van der Waals surface area contributed by atoms with Gasteiger partial charge in [-0.15, -0.1) is 0 Å². The third-order valence-electron chi connectivity index (χ3n) is 5.59. The van der Waals surface area contributed by atoms with Gasteiger partial charge in [0.05, 0.1) is 5.69 Å². The Morgan fingerprint density at radius 1 is 1.40 bits per heavy atom. The van der Waals surface area contributed by atoms with E-state index in [0.717, 1.165) is 11.7 Å². The summed E-state index contributed by atoms with van der Waals surface area (Å²) in [5.41, 5.74) is 7.09. The van der Waals surface area contributed by atoms with Crippen LogP contribution in [0.1, 0.15) is 45.7 Å². The molecule has 1 heterocycles. The van der Waals surface area contributed by atoms with Gasteiger partial charge in [-0.2, -0.15) is 5.26 Å². The van der Waals surface area contributed by atoms with Crippen LogP contribution in [0.3, 0.4) is 0 Å². The zero-order chi connectivity index (χ0) is 14.5. The Labute approximate surface area is 120 Å². The normalized spacial score (nSPS) is 33.9. The Hall–Kier alpha value is -1.76. The van der Waals surface area contributed by atoms with Crippen LogP contribution in [0.5, 0.6) is 0 Å². The van der Waals surface area contributed by atoms with E-state index in [2.05, 4.69) is 31.1 Å². The average Bonchev–Trinajstić information content (AvgIpc) is 2.87. The Balaban J connectivity index is 1.90. The van der Waals surface area contributed by atoms with E-state index in [4.69, 9.17) is 11.0 Å². The molecule has 4 heteroatoms. The van der Waals surface area contributed by atoms with Crippen molar-refractivity contribution in [2.24, 2.45) is 16.7 Å². The zero-order valence-electron chi connectivity index (χ0n) is 12.4. The summed E-state index contributed by atoms with van der Waals surface area (Å²) in [6.07, 6.45) is 3.90. The third kappa shape index (κ3) is 1.76. The van der Waals surface area contributed by atoms with Crippen molar-refractivity contribution in [1.29, 1.82) is 5.26 Å². The second-order valence-corrected chi connectivity index (χ2v) is 7.24. The summed E-state index contributed by atoms with van der Waals surface area (Å²) < 4.78 is 0. The molecule has 0 amide bonds. The molecule has 0 saturated heterocycles. The van der Waals surface area contributed by atoms with Crippen LogP contribution in [-0.4, -0.2) is 11.0 Å². The van der Waals surface area contributed by atoms with Crippen LogP contribution in [0.15, 0.2) is 12.1 Å². The van der Waals surface area contributed by atoms with Gasteiger partial charge in [0.2, 0.25) is 0 Å². The summed E-state index contributed by atoms with van der Waals surface area (Å²) >= 11 is 0. The minimum absolute atomic E-state index is 0.267. The fraction of sp³-hybridized carbons (Fsp3) is 0.625. The van der Waals surface area contributed by atoms with Gasteiger partial charge in [-0.25, -0.2) is 4.98 Å². The highest BCUT2D eigenvalue weighted by molar-refractivity contribution is 5.55. The highest BCUT2D eigenvalue weighted by Crippen LogP contribution is 2.63. The van der Waals surface area contributed by atoms with Crippen molar-refractivity contribution < 1.29 is 0 Å². The molecule has 2 saturated carbocycles. The summed E-state index contributed by atoms with van der Waals surface area (Å²) in [6, 6.07) is 6.09. The number of aromatic nitrogens is 1. The number of hydrogen-bond acceptors (Lipinski definition) is 4. The number of nitrogens with two attached hydrogens (primary N) is 1. The summed E-state index contributed by atoms with van der Waals surface area (Å²) in [5, 5.41) is 12.6.